The lowest BCUT2D eigenvalue weighted by Crippen LogP contribution is -2.18. The third-order valence-electron chi connectivity index (χ3n) is 4.00. The summed E-state index contributed by atoms with van der Waals surface area (Å²) in [6, 6.07) is 7.66. The Balaban J connectivity index is 1.99. The maximum Gasteiger partial charge on any atom is 0.226 e. The second-order valence-electron chi connectivity index (χ2n) is 5.88. The van der Waals surface area contributed by atoms with Crippen LogP contribution in [0, 0.1) is 18.3 Å². The summed E-state index contributed by atoms with van der Waals surface area (Å²) >= 11 is 6.12. The molecule has 2 N–H and O–H groups in total. The van der Waals surface area contributed by atoms with Gasteiger partial charge in [-0.3, -0.25) is 4.79 Å². The molecule has 1 aromatic heterocycles. The number of aryl methyl sites for hydroxylation is 2. The zero-order valence-corrected chi connectivity index (χ0v) is 15.9. The van der Waals surface area contributed by atoms with Crippen molar-refractivity contribution in [3.05, 3.63) is 45.6 Å². The second kappa shape index (κ2) is 9.16. The van der Waals surface area contributed by atoms with Crippen molar-refractivity contribution in [2.45, 2.75) is 40.0 Å². The van der Waals surface area contributed by atoms with Crippen LogP contribution in [0.15, 0.2) is 18.2 Å². The van der Waals surface area contributed by atoms with E-state index < -0.39 is 0 Å². The molecule has 0 radical (unpaired) electrons. The van der Waals surface area contributed by atoms with Crippen LogP contribution in [-0.4, -0.2) is 22.6 Å². The number of carbonyl (C=O) groups excluding carboxylic acids is 1. The first-order valence-corrected chi connectivity index (χ1v) is 8.96. The van der Waals surface area contributed by atoms with E-state index in [1.807, 2.05) is 26.8 Å². The number of amides is 1. The van der Waals surface area contributed by atoms with Gasteiger partial charge in [0.15, 0.2) is 5.82 Å². The number of anilines is 2. The maximum atomic E-state index is 12.1. The molecule has 2 aromatic rings. The molecule has 0 saturated carbocycles. The zero-order chi connectivity index (χ0) is 19.1. The van der Waals surface area contributed by atoms with Crippen molar-refractivity contribution in [3.8, 4) is 6.07 Å². The van der Waals surface area contributed by atoms with Crippen molar-refractivity contribution < 1.29 is 4.79 Å². The number of rotatable bonds is 7. The molecule has 136 valence electrons. The van der Waals surface area contributed by atoms with E-state index in [2.05, 4.69) is 26.9 Å². The summed E-state index contributed by atoms with van der Waals surface area (Å²) in [4.78, 5) is 12.1. The van der Waals surface area contributed by atoms with E-state index in [0.29, 0.717) is 35.1 Å². The third-order valence-corrected chi connectivity index (χ3v) is 4.31. The molecule has 1 amide bonds. The van der Waals surface area contributed by atoms with Crippen LogP contribution in [-0.2, 0) is 17.6 Å². The van der Waals surface area contributed by atoms with Gasteiger partial charge in [0.05, 0.1) is 16.4 Å². The first kappa shape index (κ1) is 19.7. The monoisotopic (exact) mass is 371 g/mol. The first-order valence-electron chi connectivity index (χ1n) is 8.58. The average Bonchev–Trinajstić information content (AvgIpc) is 2.63. The Morgan fingerprint density at radius 1 is 1.27 bits per heavy atom. The highest BCUT2D eigenvalue weighted by molar-refractivity contribution is 6.33. The number of nitrogens with one attached hydrogen (secondary N) is 2. The number of carbonyl (C=O) groups is 1. The smallest absolute Gasteiger partial charge is 0.226 e. The fourth-order valence-electron chi connectivity index (χ4n) is 2.65. The lowest BCUT2D eigenvalue weighted by molar-refractivity contribution is -0.115. The van der Waals surface area contributed by atoms with Gasteiger partial charge in [0.25, 0.3) is 0 Å². The largest absolute Gasteiger partial charge is 0.367 e. The standard InChI is InChI=1S/C19H22ClN5O/c1-4-13-14(11-21)19(25-24-16(13)5-2)22-9-8-18(26)23-17-7-6-12(3)10-15(17)20/h6-7,10H,4-5,8-9H2,1-3H3,(H,22,25)(H,23,26). The fraction of sp³-hybridized carbons (Fsp3) is 0.368. The van der Waals surface area contributed by atoms with Gasteiger partial charge in [0.1, 0.15) is 11.6 Å². The second-order valence-corrected chi connectivity index (χ2v) is 6.28. The van der Waals surface area contributed by atoms with E-state index in [1.54, 1.807) is 12.1 Å². The predicted molar refractivity (Wildman–Crippen MR) is 103 cm³/mol. The van der Waals surface area contributed by atoms with Gasteiger partial charge in [0, 0.05) is 13.0 Å². The van der Waals surface area contributed by atoms with Crippen LogP contribution in [0.1, 0.15) is 42.7 Å². The van der Waals surface area contributed by atoms with Crippen molar-refractivity contribution in [1.29, 1.82) is 5.26 Å². The normalized spacial score (nSPS) is 10.3. The van der Waals surface area contributed by atoms with Crippen molar-refractivity contribution in [2.75, 3.05) is 17.2 Å². The minimum atomic E-state index is -0.171. The van der Waals surface area contributed by atoms with Crippen LogP contribution in [0.5, 0.6) is 0 Å². The molecule has 0 fully saturated rings. The number of nitriles is 1. The van der Waals surface area contributed by atoms with Crippen LogP contribution in [0.25, 0.3) is 0 Å². The fourth-order valence-corrected chi connectivity index (χ4v) is 2.93. The van der Waals surface area contributed by atoms with E-state index in [4.69, 9.17) is 11.6 Å². The SMILES string of the molecule is CCc1nnc(NCCC(=O)Nc2ccc(C)cc2Cl)c(C#N)c1CC. The summed E-state index contributed by atoms with van der Waals surface area (Å²) in [7, 11) is 0. The van der Waals surface area contributed by atoms with Gasteiger partial charge in [0.2, 0.25) is 5.91 Å². The number of hydrogen-bond acceptors (Lipinski definition) is 5. The Bertz CT molecular complexity index is 845. The Morgan fingerprint density at radius 2 is 2.04 bits per heavy atom. The molecule has 1 heterocycles. The molecule has 0 aliphatic heterocycles. The minimum Gasteiger partial charge on any atom is -0.367 e. The number of benzene rings is 1. The van der Waals surface area contributed by atoms with Crippen LogP contribution in [0.4, 0.5) is 11.5 Å². The molecule has 0 saturated heterocycles. The number of nitrogens with zero attached hydrogens (tertiary/aromatic N) is 3. The highest BCUT2D eigenvalue weighted by atomic mass is 35.5. The van der Waals surface area contributed by atoms with Gasteiger partial charge in [-0.25, -0.2) is 0 Å². The zero-order valence-electron chi connectivity index (χ0n) is 15.2. The molecule has 2 rings (SSSR count). The summed E-state index contributed by atoms with van der Waals surface area (Å²) < 4.78 is 0. The summed E-state index contributed by atoms with van der Waals surface area (Å²) in [5, 5.41) is 24.1. The molecule has 26 heavy (non-hydrogen) atoms. The van der Waals surface area contributed by atoms with Crippen molar-refractivity contribution >= 4 is 29.0 Å². The summed E-state index contributed by atoms with van der Waals surface area (Å²) in [6.07, 6.45) is 1.65. The van der Waals surface area contributed by atoms with Gasteiger partial charge in [-0.05, 0) is 43.0 Å². The molecule has 0 bridgehead atoms. The molecular formula is C19H22ClN5O. The van der Waals surface area contributed by atoms with Crippen molar-refractivity contribution in [3.63, 3.8) is 0 Å². The molecule has 0 unspecified atom stereocenters. The lowest BCUT2D eigenvalue weighted by Gasteiger charge is -2.12. The highest BCUT2D eigenvalue weighted by Gasteiger charge is 2.14. The predicted octanol–water partition coefficient (Wildman–Crippen LogP) is 3.88. The Hall–Kier alpha value is -2.65. The molecular weight excluding hydrogens is 350 g/mol. The van der Waals surface area contributed by atoms with Crippen molar-refractivity contribution in [1.82, 2.24) is 10.2 Å². The van der Waals surface area contributed by atoms with E-state index in [9.17, 15) is 10.1 Å². The van der Waals surface area contributed by atoms with Gasteiger partial charge in [-0.1, -0.05) is 31.5 Å². The summed E-state index contributed by atoms with van der Waals surface area (Å²) in [5.74, 6) is 0.248. The van der Waals surface area contributed by atoms with Gasteiger partial charge >= 0.3 is 0 Å². The van der Waals surface area contributed by atoms with Gasteiger partial charge in [-0.15, -0.1) is 5.10 Å². The van der Waals surface area contributed by atoms with Crippen LogP contribution in [0.3, 0.4) is 0 Å². The van der Waals surface area contributed by atoms with E-state index in [-0.39, 0.29) is 12.3 Å². The quantitative estimate of drug-likeness (QED) is 0.770. The van der Waals surface area contributed by atoms with Crippen LogP contribution >= 0.6 is 11.6 Å². The topological polar surface area (TPSA) is 90.7 Å². The van der Waals surface area contributed by atoms with E-state index in [1.165, 1.54) is 0 Å². The van der Waals surface area contributed by atoms with Gasteiger partial charge < -0.3 is 10.6 Å². The Morgan fingerprint density at radius 3 is 2.65 bits per heavy atom. The number of hydrogen-bond donors (Lipinski definition) is 2. The summed E-state index contributed by atoms with van der Waals surface area (Å²) in [6.45, 7) is 6.24. The van der Waals surface area contributed by atoms with E-state index >= 15 is 0 Å². The first-order chi connectivity index (χ1) is 12.5. The molecule has 0 atom stereocenters. The van der Waals surface area contributed by atoms with E-state index in [0.717, 1.165) is 23.2 Å². The molecule has 0 aliphatic carbocycles. The third kappa shape index (κ3) is 4.70. The summed E-state index contributed by atoms with van der Waals surface area (Å²) in [5.41, 5.74) is 3.85. The highest BCUT2D eigenvalue weighted by Crippen LogP contribution is 2.23. The number of halogens is 1. The van der Waals surface area contributed by atoms with Crippen molar-refractivity contribution in [2.24, 2.45) is 0 Å². The molecule has 7 heteroatoms. The average molecular weight is 372 g/mol. The maximum absolute atomic E-state index is 12.1. The van der Waals surface area contributed by atoms with Crippen LogP contribution in [0.2, 0.25) is 5.02 Å². The van der Waals surface area contributed by atoms with Gasteiger partial charge in [-0.2, -0.15) is 10.4 Å². The number of aromatic nitrogens is 2. The minimum absolute atomic E-state index is 0.171. The lowest BCUT2D eigenvalue weighted by atomic mass is 10.0. The molecule has 0 aliphatic rings. The Labute approximate surface area is 158 Å². The van der Waals surface area contributed by atoms with Crippen LogP contribution < -0.4 is 10.6 Å². The Kier molecular flexibility index (Phi) is 6.93. The molecule has 1 aromatic carbocycles. The molecule has 0 spiro atoms. The molecule has 6 nitrogen and oxygen atoms in total.